The highest BCUT2D eigenvalue weighted by Crippen LogP contribution is 2.31. The molecule has 156 valence electrons. The largest absolute Gasteiger partial charge is 0.376 e. The van der Waals surface area contributed by atoms with Gasteiger partial charge in [0, 0.05) is 43.5 Å². The van der Waals surface area contributed by atoms with E-state index in [9.17, 15) is 4.79 Å². The fourth-order valence-electron chi connectivity index (χ4n) is 4.14. The first-order valence-corrected chi connectivity index (χ1v) is 10.6. The van der Waals surface area contributed by atoms with E-state index in [0.717, 1.165) is 47.3 Å². The summed E-state index contributed by atoms with van der Waals surface area (Å²) in [4.78, 5) is 18.7. The molecule has 2 aliphatic rings. The lowest BCUT2D eigenvalue weighted by Gasteiger charge is -2.19. The molecule has 2 aromatic carbocycles. The van der Waals surface area contributed by atoms with Crippen molar-refractivity contribution in [2.24, 2.45) is 10.1 Å². The highest BCUT2D eigenvalue weighted by molar-refractivity contribution is 6.31. The van der Waals surface area contributed by atoms with Crippen LogP contribution in [0.25, 0.3) is 0 Å². The number of rotatable bonds is 7. The number of fused-ring (bicyclic) bond motifs is 1. The van der Waals surface area contributed by atoms with Crippen LogP contribution < -0.4 is 0 Å². The van der Waals surface area contributed by atoms with Crippen molar-refractivity contribution in [3.63, 3.8) is 0 Å². The van der Waals surface area contributed by atoms with Crippen molar-refractivity contribution in [3.8, 4) is 0 Å². The van der Waals surface area contributed by atoms with Gasteiger partial charge in [0.2, 0.25) is 0 Å². The average molecular weight is 425 g/mol. The Bertz CT molecular complexity index is 968. The maximum Gasteiger partial charge on any atom is 0.254 e. The Labute approximate surface area is 181 Å². The zero-order valence-corrected chi connectivity index (χ0v) is 17.7. The number of aliphatic imine (C=N–C) groups is 1. The van der Waals surface area contributed by atoms with E-state index < -0.39 is 0 Å². The van der Waals surface area contributed by atoms with Crippen LogP contribution in [-0.2, 0) is 17.7 Å². The summed E-state index contributed by atoms with van der Waals surface area (Å²) in [5, 5.41) is 4.28. The highest BCUT2D eigenvalue weighted by atomic mass is 35.5. The van der Waals surface area contributed by atoms with Crippen LogP contribution >= 0.6 is 11.6 Å². The minimum absolute atomic E-state index is 0.0625. The number of hydrogen-bond acceptors (Lipinski definition) is 5. The van der Waals surface area contributed by atoms with E-state index in [1.807, 2.05) is 41.3 Å². The van der Waals surface area contributed by atoms with Crippen LogP contribution in [0.2, 0.25) is 5.02 Å². The summed E-state index contributed by atoms with van der Waals surface area (Å²) in [5.41, 5.74) is 12.0. The van der Waals surface area contributed by atoms with Crippen LogP contribution in [0.4, 0.5) is 0 Å². The van der Waals surface area contributed by atoms with Gasteiger partial charge in [-0.15, -0.1) is 0 Å². The van der Waals surface area contributed by atoms with Gasteiger partial charge in [0.25, 0.3) is 5.91 Å². The molecule has 0 bridgehead atoms. The summed E-state index contributed by atoms with van der Waals surface area (Å²) >= 11 is 6.56. The average Bonchev–Trinajstić information content (AvgIpc) is 3.36. The molecule has 0 radical (unpaired) electrons. The highest BCUT2D eigenvalue weighted by Gasteiger charge is 2.31. The lowest BCUT2D eigenvalue weighted by Crippen LogP contribution is -2.32. The molecule has 30 heavy (non-hydrogen) atoms. The van der Waals surface area contributed by atoms with Gasteiger partial charge in [0.1, 0.15) is 6.04 Å². The number of ether oxygens (including phenoxy) is 1. The maximum absolute atomic E-state index is 12.9. The minimum Gasteiger partial charge on any atom is -0.376 e. The maximum atomic E-state index is 12.9. The minimum atomic E-state index is -0.361. The van der Waals surface area contributed by atoms with Gasteiger partial charge >= 0.3 is 0 Å². The topological polar surface area (TPSA) is 78.1 Å². The third-order valence-electron chi connectivity index (χ3n) is 5.74. The van der Waals surface area contributed by atoms with E-state index in [1.165, 1.54) is 0 Å². The molecule has 2 unspecified atom stereocenters. The number of carbonyl (C=O) groups excluding carboxylic acids is 1. The number of amides is 1. The quantitative estimate of drug-likeness (QED) is 0.510. The van der Waals surface area contributed by atoms with Crippen LogP contribution in [0, 0.1) is 5.53 Å². The van der Waals surface area contributed by atoms with Crippen LogP contribution in [0.15, 0.2) is 46.5 Å². The van der Waals surface area contributed by atoms with Crippen LogP contribution in [-0.4, -0.2) is 43.3 Å². The number of nitrogens with one attached hydrogen (secondary N) is 1. The molecule has 7 heteroatoms. The molecule has 2 aromatic rings. The SMILES string of the molecule is CN=CC(N=N)c1ccc(Cc2cc3c(cc2Cl)CN(CC2CCCO2)C3=O)cc1. The first kappa shape index (κ1) is 20.7. The molecule has 1 N–H and O–H groups in total. The first-order valence-electron chi connectivity index (χ1n) is 10.2. The Balaban J connectivity index is 1.49. The summed E-state index contributed by atoms with van der Waals surface area (Å²) in [6.45, 7) is 2.03. The molecule has 0 spiro atoms. The van der Waals surface area contributed by atoms with Crippen LogP contribution in [0.5, 0.6) is 0 Å². The van der Waals surface area contributed by atoms with Crippen molar-refractivity contribution in [1.29, 1.82) is 5.53 Å². The lowest BCUT2D eigenvalue weighted by molar-refractivity contribution is 0.0545. The second-order valence-corrected chi connectivity index (χ2v) is 8.23. The molecule has 0 aromatic heterocycles. The Hall–Kier alpha value is -2.57. The molecule has 1 fully saturated rings. The monoisotopic (exact) mass is 424 g/mol. The molecule has 4 rings (SSSR count). The normalized spacial score (nSPS) is 19.5. The summed E-state index contributed by atoms with van der Waals surface area (Å²) in [7, 11) is 1.67. The Morgan fingerprint density at radius 1 is 1.33 bits per heavy atom. The smallest absolute Gasteiger partial charge is 0.254 e. The predicted octanol–water partition coefficient (Wildman–Crippen LogP) is 4.84. The molecule has 6 nitrogen and oxygen atoms in total. The van der Waals surface area contributed by atoms with E-state index in [4.69, 9.17) is 21.9 Å². The van der Waals surface area contributed by atoms with Gasteiger partial charge in [-0.05, 0) is 53.6 Å². The molecule has 2 heterocycles. The van der Waals surface area contributed by atoms with Gasteiger partial charge in [-0.2, -0.15) is 5.11 Å². The summed E-state index contributed by atoms with van der Waals surface area (Å²) in [6.07, 6.45) is 4.51. The number of nitrogens with zero attached hydrogens (tertiary/aromatic N) is 3. The van der Waals surface area contributed by atoms with Gasteiger partial charge < -0.3 is 9.64 Å². The van der Waals surface area contributed by atoms with Crippen molar-refractivity contribution in [3.05, 3.63) is 69.2 Å². The fraction of sp³-hybridized carbons (Fsp3) is 0.391. The molecule has 0 saturated carbocycles. The molecular formula is C23H25ClN4O2. The van der Waals surface area contributed by atoms with Gasteiger partial charge in [-0.25, -0.2) is 5.53 Å². The fourth-order valence-corrected chi connectivity index (χ4v) is 4.39. The van der Waals surface area contributed by atoms with E-state index in [0.29, 0.717) is 24.5 Å². The van der Waals surface area contributed by atoms with Crippen molar-refractivity contribution in [2.75, 3.05) is 20.2 Å². The van der Waals surface area contributed by atoms with Crippen LogP contribution in [0.3, 0.4) is 0 Å². The standard InChI is InChI=1S/C23H25ClN4O2/c1-26-12-22(27-25)16-6-4-15(5-7-16)9-17-10-20-18(11-21(17)24)13-28(23(20)29)14-19-3-2-8-30-19/h4-7,10-12,19,22,25H,2-3,8-9,13-14H2,1H3. The molecule has 1 saturated heterocycles. The predicted molar refractivity (Wildman–Crippen MR) is 117 cm³/mol. The van der Waals surface area contributed by atoms with Gasteiger partial charge in [0.05, 0.1) is 6.10 Å². The summed E-state index contributed by atoms with van der Waals surface area (Å²) < 4.78 is 5.69. The van der Waals surface area contributed by atoms with Crippen LogP contribution in [0.1, 0.15) is 51.5 Å². The van der Waals surface area contributed by atoms with Gasteiger partial charge in [-0.3, -0.25) is 9.79 Å². The number of halogens is 1. The number of carbonyl (C=O) groups is 1. The second-order valence-electron chi connectivity index (χ2n) is 7.82. The molecule has 1 amide bonds. The molecule has 2 atom stereocenters. The third-order valence-corrected chi connectivity index (χ3v) is 6.10. The number of hydrogen-bond donors (Lipinski definition) is 1. The molecular weight excluding hydrogens is 400 g/mol. The Morgan fingerprint density at radius 3 is 2.80 bits per heavy atom. The van der Waals surface area contributed by atoms with Gasteiger partial charge in [-0.1, -0.05) is 35.9 Å². The Morgan fingerprint density at radius 2 is 2.13 bits per heavy atom. The van der Waals surface area contributed by atoms with Crippen molar-refractivity contribution in [2.45, 2.75) is 38.0 Å². The van der Waals surface area contributed by atoms with Crippen molar-refractivity contribution in [1.82, 2.24) is 4.90 Å². The van der Waals surface area contributed by atoms with E-state index in [-0.39, 0.29) is 18.1 Å². The lowest BCUT2D eigenvalue weighted by atomic mass is 9.98. The molecule has 0 aliphatic carbocycles. The number of benzene rings is 2. The Kier molecular flexibility index (Phi) is 6.25. The summed E-state index contributed by atoms with van der Waals surface area (Å²) in [6, 6.07) is 11.4. The first-order chi connectivity index (χ1) is 14.6. The zero-order chi connectivity index (χ0) is 21.1. The van der Waals surface area contributed by atoms with Gasteiger partial charge in [0.15, 0.2) is 0 Å². The zero-order valence-electron chi connectivity index (χ0n) is 17.0. The third kappa shape index (κ3) is 4.30. The summed E-state index contributed by atoms with van der Waals surface area (Å²) in [5.74, 6) is 0.0625. The van der Waals surface area contributed by atoms with Crippen molar-refractivity contribution < 1.29 is 9.53 Å². The van der Waals surface area contributed by atoms with E-state index >= 15 is 0 Å². The van der Waals surface area contributed by atoms with Crippen molar-refractivity contribution >= 4 is 23.7 Å². The van der Waals surface area contributed by atoms with E-state index in [1.54, 1.807) is 13.3 Å². The molecule has 2 aliphatic heterocycles. The second kappa shape index (κ2) is 9.06. The van der Waals surface area contributed by atoms with E-state index in [2.05, 4.69) is 10.1 Å².